The van der Waals surface area contributed by atoms with Gasteiger partial charge in [0.25, 0.3) is 0 Å². The van der Waals surface area contributed by atoms with E-state index in [9.17, 15) is 4.79 Å². The van der Waals surface area contributed by atoms with E-state index >= 15 is 0 Å². The first kappa shape index (κ1) is 11.3. The van der Waals surface area contributed by atoms with Crippen LogP contribution in [0.5, 0.6) is 0 Å². The third-order valence-electron chi connectivity index (χ3n) is 2.64. The summed E-state index contributed by atoms with van der Waals surface area (Å²) < 4.78 is 0. The largest absolute Gasteiger partial charge is 0.478 e. The fraction of sp³-hybridized carbons (Fsp3) is 0.154. The summed E-state index contributed by atoms with van der Waals surface area (Å²) in [5.74, 6) is -0.898. The topological polar surface area (TPSA) is 56.3 Å². The molecule has 0 aliphatic rings. The zero-order valence-corrected chi connectivity index (χ0v) is 9.55. The summed E-state index contributed by atoms with van der Waals surface area (Å²) >= 11 is 0. The molecule has 0 saturated carbocycles. The lowest BCUT2D eigenvalue weighted by Gasteiger charge is -2.18. The van der Waals surface area contributed by atoms with Crippen LogP contribution in [-0.4, -0.2) is 23.1 Å². The number of carboxylic acid groups (broad SMARTS) is 1. The van der Waals surface area contributed by atoms with Crippen LogP contribution in [0, 0.1) is 0 Å². The van der Waals surface area contributed by atoms with Crippen LogP contribution in [0.3, 0.4) is 0 Å². The van der Waals surface area contributed by atoms with Crippen molar-refractivity contribution in [1.29, 1.82) is 0 Å². The van der Waals surface area contributed by atoms with E-state index in [-0.39, 0.29) is 0 Å². The van der Waals surface area contributed by atoms with Crippen molar-refractivity contribution in [2.45, 2.75) is 6.54 Å². The molecule has 0 fully saturated rings. The fourth-order valence-corrected chi connectivity index (χ4v) is 1.68. The van der Waals surface area contributed by atoms with Gasteiger partial charge in [0.15, 0.2) is 0 Å². The predicted octanol–water partition coefficient (Wildman–Crippen LogP) is 2.35. The molecule has 1 aromatic carbocycles. The monoisotopic (exact) mass is 230 g/mol. The van der Waals surface area contributed by atoms with Crippen LogP contribution in [0.2, 0.25) is 0 Å². The summed E-state index contributed by atoms with van der Waals surface area (Å²) in [5, 5.41) is 8.80. The predicted molar refractivity (Wildman–Crippen MR) is 66.3 cm³/mol. The standard InChI is InChI=1S/C13H14N2O2/c1-15(9-10-6-7-14-8-10)12-4-2-11(3-5-12)13(16)17/h2-8,14H,9H2,1H3,(H,16,17). The summed E-state index contributed by atoms with van der Waals surface area (Å²) in [5.41, 5.74) is 2.50. The van der Waals surface area contributed by atoms with Crippen LogP contribution < -0.4 is 4.90 Å². The van der Waals surface area contributed by atoms with Crippen molar-refractivity contribution in [1.82, 2.24) is 4.98 Å². The van der Waals surface area contributed by atoms with Crippen molar-refractivity contribution < 1.29 is 9.90 Å². The molecule has 1 aromatic heterocycles. The Morgan fingerprint density at radius 1 is 1.29 bits per heavy atom. The Labute approximate surface area is 99.5 Å². The van der Waals surface area contributed by atoms with Gasteiger partial charge in [0.05, 0.1) is 5.56 Å². The van der Waals surface area contributed by atoms with Crippen molar-refractivity contribution in [3.63, 3.8) is 0 Å². The van der Waals surface area contributed by atoms with Gasteiger partial charge in [-0.1, -0.05) is 0 Å². The highest BCUT2D eigenvalue weighted by Crippen LogP contribution is 2.16. The molecule has 0 saturated heterocycles. The molecule has 0 radical (unpaired) electrons. The van der Waals surface area contributed by atoms with Gasteiger partial charge in [-0.2, -0.15) is 0 Å². The van der Waals surface area contributed by atoms with Gasteiger partial charge in [-0.25, -0.2) is 4.79 Å². The number of H-pyrrole nitrogens is 1. The number of nitrogens with zero attached hydrogens (tertiary/aromatic N) is 1. The number of hydrogen-bond acceptors (Lipinski definition) is 2. The Balaban J connectivity index is 2.09. The van der Waals surface area contributed by atoms with Crippen molar-refractivity contribution in [2.75, 3.05) is 11.9 Å². The highest BCUT2D eigenvalue weighted by molar-refractivity contribution is 5.88. The van der Waals surface area contributed by atoms with Crippen molar-refractivity contribution in [3.05, 3.63) is 53.9 Å². The summed E-state index contributed by atoms with van der Waals surface area (Å²) in [4.78, 5) is 15.8. The molecule has 0 unspecified atom stereocenters. The van der Waals surface area contributed by atoms with Gasteiger partial charge in [0, 0.05) is 31.7 Å². The maximum absolute atomic E-state index is 10.7. The molecular weight excluding hydrogens is 216 g/mol. The van der Waals surface area contributed by atoms with Crippen LogP contribution in [-0.2, 0) is 6.54 Å². The third kappa shape index (κ3) is 2.66. The maximum Gasteiger partial charge on any atom is 0.335 e. The second kappa shape index (κ2) is 4.74. The quantitative estimate of drug-likeness (QED) is 0.847. The number of aromatic amines is 1. The molecule has 2 rings (SSSR count). The normalized spacial score (nSPS) is 10.2. The number of carbonyl (C=O) groups is 1. The van der Waals surface area contributed by atoms with Crippen molar-refractivity contribution in [2.24, 2.45) is 0 Å². The Morgan fingerprint density at radius 2 is 2.00 bits per heavy atom. The number of anilines is 1. The van der Waals surface area contributed by atoms with E-state index < -0.39 is 5.97 Å². The zero-order valence-electron chi connectivity index (χ0n) is 9.55. The molecule has 0 amide bonds. The van der Waals surface area contributed by atoms with Gasteiger partial charge in [-0.05, 0) is 35.9 Å². The molecule has 88 valence electrons. The zero-order chi connectivity index (χ0) is 12.3. The Bertz CT molecular complexity index is 489. The smallest absolute Gasteiger partial charge is 0.335 e. The molecule has 0 aliphatic carbocycles. The summed E-state index contributed by atoms with van der Waals surface area (Å²) in [7, 11) is 1.97. The van der Waals surface area contributed by atoms with Gasteiger partial charge in [0.1, 0.15) is 0 Å². The van der Waals surface area contributed by atoms with Crippen LogP contribution in [0.15, 0.2) is 42.7 Å². The molecule has 0 atom stereocenters. The summed E-state index contributed by atoms with van der Waals surface area (Å²) in [6.45, 7) is 0.788. The van der Waals surface area contributed by atoms with Gasteiger partial charge >= 0.3 is 5.97 Å². The third-order valence-corrected chi connectivity index (χ3v) is 2.64. The highest BCUT2D eigenvalue weighted by atomic mass is 16.4. The molecule has 4 heteroatoms. The molecule has 2 aromatic rings. The van der Waals surface area contributed by atoms with E-state index in [1.165, 1.54) is 5.56 Å². The summed E-state index contributed by atoms with van der Waals surface area (Å²) in [6, 6.07) is 8.88. The average Bonchev–Trinajstić information content (AvgIpc) is 2.82. The average molecular weight is 230 g/mol. The van der Waals surface area contributed by atoms with E-state index in [1.54, 1.807) is 12.1 Å². The molecule has 2 N–H and O–H groups in total. The number of nitrogens with one attached hydrogen (secondary N) is 1. The van der Waals surface area contributed by atoms with Crippen LogP contribution in [0.4, 0.5) is 5.69 Å². The number of hydrogen-bond donors (Lipinski definition) is 2. The van der Waals surface area contributed by atoms with Gasteiger partial charge in [0.2, 0.25) is 0 Å². The first-order chi connectivity index (χ1) is 8.16. The SMILES string of the molecule is CN(Cc1cc[nH]c1)c1ccc(C(=O)O)cc1. The highest BCUT2D eigenvalue weighted by Gasteiger charge is 2.05. The first-order valence-electron chi connectivity index (χ1n) is 5.33. The maximum atomic E-state index is 10.7. The molecule has 1 heterocycles. The number of carboxylic acids is 1. The number of aromatic carboxylic acids is 1. The Morgan fingerprint density at radius 3 is 2.53 bits per heavy atom. The minimum absolute atomic E-state index is 0.309. The molecule has 4 nitrogen and oxygen atoms in total. The van der Waals surface area contributed by atoms with Crippen LogP contribution in [0.1, 0.15) is 15.9 Å². The molecular formula is C13H14N2O2. The fourth-order valence-electron chi connectivity index (χ4n) is 1.68. The molecule has 0 bridgehead atoms. The lowest BCUT2D eigenvalue weighted by atomic mass is 10.2. The summed E-state index contributed by atoms with van der Waals surface area (Å²) in [6.07, 6.45) is 3.83. The Hall–Kier alpha value is -2.23. The molecule has 17 heavy (non-hydrogen) atoms. The Kier molecular flexibility index (Phi) is 3.14. The van der Waals surface area contributed by atoms with E-state index in [0.29, 0.717) is 5.56 Å². The van der Waals surface area contributed by atoms with Gasteiger partial charge in [-0.3, -0.25) is 0 Å². The van der Waals surface area contributed by atoms with E-state index in [0.717, 1.165) is 12.2 Å². The first-order valence-corrected chi connectivity index (χ1v) is 5.33. The van der Waals surface area contributed by atoms with E-state index in [4.69, 9.17) is 5.11 Å². The second-order valence-electron chi connectivity index (χ2n) is 3.93. The minimum atomic E-state index is -0.898. The van der Waals surface area contributed by atoms with E-state index in [1.807, 2.05) is 37.6 Å². The minimum Gasteiger partial charge on any atom is -0.478 e. The number of benzene rings is 1. The number of aromatic nitrogens is 1. The van der Waals surface area contributed by atoms with Crippen LogP contribution in [0.25, 0.3) is 0 Å². The molecule has 0 spiro atoms. The second-order valence-corrected chi connectivity index (χ2v) is 3.93. The lowest BCUT2D eigenvalue weighted by molar-refractivity contribution is 0.0697. The van der Waals surface area contributed by atoms with Gasteiger partial charge < -0.3 is 15.0 Å². The van der Waals surface area contributed by atoms with Crippen LogP contribution >= 0.6 is 0 Å². The van der Waals surface area contributed by atoms with Gasteiger partial charge in [-0.15, -0.1) is 0 Å². The van der Waals surface area contributed by atoms with E-state index in [2.05, 4.69) is 9.88 Å². The lowest BCUT2D eigenvalue weighted by Crippen LogP contribution is -2.15. The molecule has 0 aliphatic heterocycles. The van der Waals surface area contributed by atoms with Crippen molar-refractivity contribution >= 4 is 11.7 Å². The number of rotatable bonds is 4. The van der Waals surface area contributed by atoms with Crippen molar-refractivity contribution in [3.8, 4) is 0 Å².